The van der Waals surface area contributed by atoms with Gasteiger partial charge >= 0.3 is 0 Å². The summed E-state index contributed by atoms with van der Waals surface area (Å²) < 4.78 is 47.6. The Balaban J connectivity index is 1.69. The first-order valence-corrected chi connectivity index (χ1v) is 16.5. The molecule has 0 atom stereocenters. The molecule has 1 fully saturated rings. The molecule has 0 saturated heterocycles. The third kappa shape index (κ3) is 7.65. The Labute approximate surface area is 260 Å². The summed E-state index contributed by atoms with van der Waals surface area (Å²) in [6.45, 7) is 9.80. The molecule has 2 aliphatic rings. The summed E-state index contributed by atoms with van der Waals surface area (Å²) in [5, 5.41) is 8.78. The highest BCUT2D eigenvalue weighted by molar-refractivity contribution is 7.92. The zero-order valence-corrected chi connectivity index (χ0v) is 26.8. The molecule has 44 heavy (non-hydrogen) atoms. The van der Waals surface area contributed by atoms with Gasteiger partial charge in [-0.1, -0.05) is 32.8 Å². The first-order chi connectivity index (χ1) is 21.1. The Hall–Kier alpha value is -4.19. The average Bonchev–Trinajstić information content (AvgIpc) is 3.25. The van der Waals surface area contributed by atoms with Gasteiger partial charge in [-0.05, 0) is 76.3 Å². The fourth-order valence-electron chi connectivity index (χ4n) is 5.26. The van der Waals surface area contributed by atoms with Crippen molar-refractivity contribution in [3.05, 3.63) is 65.6 Å². The van der Waals surface area contributed by atoms with E-state index in [9.17, 15) is 13.2 Å². The number of methoxy groups -OCH3 is 1. The Kier molecular flexibility index (Phi) is 10.8. The van der Waals surface area contributed by atoms with Crippen molar-refractivity contribution >= 4 is 27.5 Å². The van der Waals surface area contributed by atoms with Gasteiger partial charge in [0.25, 0.3) is 15.9 Å². The second-order valence-corrected chi connectivity index (χ2v) is 12.5. The molecular formula is C32H43N5O6S. The van der Waals surface area contributed by atoms with Crippen LogP contribution in [0.25, 0.3) is 0 Å². The number of carbonyl (C=O) groups is 1. The minimum Gasteiger partial charge on any atom is -0.493 e. The average molecular weight is 626 g/mol. The van der Waals surface area contributed by atoms with Crippen LogP contribution in [0.2, 0.25) is 0 Å². The lowest BCUT2D eigenvalue weighted by Crippen LogP contribution is -2.44. The Morgan fingerprint density at radius 1 is 1.09 bits per heavy atom. The van der Waals surface area contributed by atoms with Crippen molar-refractivity contribution in [2.75, 3.05) is 18.4 Å². The van der Waals surface area contributed by atoms with E-state index in [1.54, 1.807) is 38.3 Å². The molecule has 0 bridgehead atoms. The van der Waals surface area contributed by atoms with Crippen LogP contribution in [0.5, 0.6) is 17.2 Å². The Morgan fingerprint density at radius 3 is 2.43 bits per heavy atom. The van der Waals surface area contributed by atoms with Crippen LogP contribution in [-0.4, -0.2) is 45.0 Å². The molecule has 1 heterocycles. The summed E-state index contributed by atoms with van der Waals surface area (Å²) >= 11 is 0. The zero-order chi connectivity index (χ0) is 31.9. The smallest absolute Gasteiger partial charge is 0.277 e. The van der Waals surface area contributed by atoms with Gasteiger partial charge in [0.15, 0.2) is 17.3 Å². The predicted molar refractivity (Wildman–Crippen MR) is 171 cm³/mol. The molecule has 0 unspecified atom stereocenters. The number of allylic oxidation sites excluding steroid dienone is 2. The number of hydrogen-bond donors (Lipinski definition) is 3. The number of sulfonamides is 1. The van der Waals surface area contributed by atoms with E-state index in [0.29, 0.717) is 47.2 Å². The number of hydrazone groups is 1. The molecule has 4 rings (SSSR count). The normalized spacial score (nSPS) is 17.2. The van der Waals surface area contributed by atoms with Gasteiger partial charge < -0.3 is 25.3 Å². The lowest BCUT2D eigenvalue weighted by molar-refractivity contribution is -0.118. The third-order valence-electron chi connectivity index (χ3n) is 7.40. The summed E-state index contributed by atoms with van der Waals surface area (Å²) in [7, 11) is -2.53. The molecule has 1 aliphatic heterocycles. The third-order valence-corrected chi connectivity index (χ3v) is 8.78. The van der Waals surface area contributed by atoms with E-state index in [1.807, 2.05) is 13.8 Å². The van der Waals surface area contributed by atoms with Crippen LogP contribution in [0, 0.1) is 0 Å². The van der Waals surface area contributed by atoms with Gasteiger partial charge in [0.2, 0.25) is 0 Å². The lowest BCUT2D eigenvalue weighted by atomic mass is 10.1. The number of carbonyl (C=O) groups excluding carboxylic acids is 1. The molecule has 0 spiro atoms. The van der Waals surface area contributed by atoms with Gasteiger partial charge in [0.05, 0.1) is 36.0 Å². The molecule has 4 N–H and O–H groups in total. The molecule has 0 radical (unpaired) electrons. The summed E-state index contributed by atoms with van der Waals surface area (Å²) in [5.41, 5.74) is 7.65. The second kappa shape index (κ2) is 14.5. The van der Waals surface area contributed by atoms with Crippen LogP contribution < -0.4 is 30.0 Å². The number of rotatable bonds is 12. The van der Waals surface area contributed by atoms with Crippen LogP contribution >= 0.6 is 0 Å². The maximum Gasteiger partial charge on any atom is 0.277 e. The zero-order valence-electron chi connectivity index (χ0n) is 25.9. The minimum absolute atomic E-state index is 0.0461. The van der Waals surface area contributed by atoms with Gasteiger partial charge in [-0.15, -0.1) is 5.10 Å². The topological polar surface area (TPSA) is 145 Å². The van der Waals surface area contributed by atoms with E-state index in [4.69, 9.17) is 19.9 Å². The fourth-order valence-corrected chi connectivity index (χ4v) is 6.33. The first-order valence-electron chi connectivity index (χ1n) is 15.1. The Morgan fingerprint density at radius 2 is 1.80 bits per heavy atom. The highest BCUT2D eigenvalue weighted by Gasteiger charge is 2.31. The summed E-state index contributed by atoms with van der Waals surface area (Å²) in [6.07, 6.45) is 7.86. The molecule has 0 aromatic heterocycles. The van der Waals surface area contributed by atoms with E-state index >= 15 is 0 Å². The van der Waals surface area contributed by atoms with Crippen molar-refractivity contribution in [1.82, 2.24) is 10.3 Å². The van der Waals surface area contributed by atoms with E-state index in [-0.39, 0.29) is 28.2 Å². The van der Waals surface area contributed by atoms with Gasteiger partial charge in [0, 0.05) is 17.5 Å². The number of ether oxygens (including phenoxy) is 3. The number of nitrogens with two attached hydrogens (primary N) is 1. The fraction of sp³-hybridized carbons (Fsp3) is 0.438. The van der Waals surface area contributed by atoms with Crippen LogP contribution in [0.1, 0.15) is 77.7 Å². The Bertz CT molecular complexity index is 1540. The minimum atomic E-state index is -4.09. The van der Waals surface area contributed by atoms with Crippen molar-refractivity contribution in [1.29, 1.82) is 0 Å². The second-order valence-electron chi connectivity index (χ2n) is 10.9. The van der Waals surface area contributed by atoms with Crippen LogP contribution in [0.3, 0.4) is 0 Å². The highest BCUT2D eigenvalue weighted by Crippen LogP contribution is 2.35. The standard InChI is InChI=1S/C32H43N5O6S/c1-6-12-21(3)37-30(22(4)33)32(38)34-31(35-37)26-20-25(16-18-27(26)42-7-2)44(39,40)36-23-15-17-28(41-5)29(19-23)43-24-13-10-8-9-11-14-24/h15-20,24,36H,3,6-14,33H2,1-2,4-5H3,(H,34,35,38)/b30-22-. The molecule has 11 nitrogen and oxygen atoms in total. The van der Waals surface area contributed by atoms with Crippen LogP contribution in [0.15, 0.2) is 70.1 Å². The van der Waals surface area contributed by atoms with Crippen LogP contribution in [0.4, 0.5) is 5.69 Å². The summed E-state index contributed by atoms with van der Waals surface area (Å²) in [6, 6.07) is 9.35. The van der Waals surface area contributed by atoms with E-state index in [0.717, 1.165) is 32.1 Å². The predicted octanol–water partition coefficient (Wildman–Crippen LogP) is 5.59. The number of nitrogens with one attached hydrogen (secondary N) is 2. The molecule has 2 aromatic carbocycles. The quantitative estimate of drug-likeness (QED) is 0.204. The maximum atomic E-state index is 13.7. The number of amides is 1. The van der Waals surface area contributed by atoms with Crippen molar-refractivity contribution < 1.29 is 27.4 Å². The molecule has 1 amide bonds. The van der Waals surface area contributed by atoms with E-state index < -0.39 is 15.9 Å². The number of benzene rings is 2. The largest absolute Gasteiger partial charge is 0.493 e. The number of nitrogens with zero attached hydrogens (tertiary/aromatic N) is 2. The number of hydrogen-bond acceptors (Lipinski definition) is 9. The molecular weight excluding hydrogens is 582 g/mol. The molecule has 1 aliphatic carbocycles. The van der Waals surface area contributed by atoms with Crippen molar-refractivity contribution in [3.8, 4) is 17.2 Å². The van der Waals surface area contributed by atoms with Crippen molar-refractivity contribution in [3.63, 3.8) is 0 Å². The monoisotopic (exact) mass is 625 g/mol. The SMILES string of the molecule is C=C(CCC)N1N=C(c2cc(S(=O)(=O)Nc3ccc(OC)c(OC4CCCCCC4)c3)ccc2OCC)NC(=O)/C1=C(\C)N. The maximum absolute atomic E-state index is 13.7. The molecule has 2 aromatic rings. The summed E-state index contributed by atoms with van der Waals surface area (Å²) in [4.78, 5) is 13.1. The van der Waals surface area contributed by atoms with E-state index in [2.05, 4.69) is 21.7 Å². The van der Waals surface area contributed by atoms with Gasteiger partial charge in [-0.2, -0.15) is 0 Å². The van der Waals surface area contributed by atoms with Gasteiger partial charge in [-0.3, -0.25) is 9.52 Å². The van der Waals surface area contributed by atoms with Gasteiger partial charge in [0.1, 0.15) is 11.4 Å². The number of anilines is 1. The van der Waals surface area contributed by atoms with Crippen LogP contribution in [-0.2, 0) is 14.8 Å². The van der Waals surface area contributed by atoms with E-state index in [1.165, 1.54) is 30.0 Å². The van der Waals surface area contributed by atoms with Crippen molar-refractivity contribution in [2.24, 2.45) is 10.8 Å². The van der Waals surface area contributed by atoms with Crippen molar-refractivity contribution in [2.45, 2.75) is 83.1 Å². The lowest BCUT2D eigenvalue weighted by Gasteiger charge is -2.30. The van der Waals surface area contributed by atoms with Gasteiger partial charge in [-0.25, -0.2) is 13.4 Å². The highest BCUT2D eigenvalue weighted by atomic mass is 32.2. The first kappa shape index (κ1) is 32.7. The number of amidine groups is 1. The molecule has 238 valence electrons. The molecule has 1 saturated carbocycles. The summed E-state index contributed by atoms with van der Waals surface area (Å²) in [5.74, 6) is 0.994. The molecule has 12 heteroatoms.